The molecule has 0 N–H and O–H groups in total. The number of allylic oxidation sites excluding steroid dienone is 2. The lowest BCUT2D eigenvalue weighted by Gasteiger charge is -2.15. The third-order valence-corrected chi connectivity index (χ3v) is 7.85. The maximum atomic E-state index is 4.63. The van der Waals surface area contributed by atoms with Crippen LogP contribution in [0.15, 0.2) is 158 Å². The van der Waals surface area contributed by atoms with Gasteiger partial charge in [-0.3, -0.25) is 4.99 Å². The van der Waals surface area contributed by atoms with Crippen LogP contribution in [-0.4, -0.2) is 12.8 Å². The maximum absolute atomic E-state index is 4.63. The first kappa shape index (κ1) is 32.9. The van der Waals surface area contributed by atoms with Gasteiger partial charge in [-0.05, 0) is 82.3 Å². The van der Waals surface area contributed by atoms with Gasteiger partial charge >= 0.3 is 0 Å². The summed E-state index contributed by atoms with van der Waals surface area (Å²) in [7, 11) is 1.87. The Kier molecular flexibility index (Phi) is 12.7. The number of aliphatic imine (C=N–C) groups is 1. The van der Waals surface area contributed by atoms with E-state index >= 15 is 0 Å². The molecule has 0 saturated heterocycles. The minimum Gasteiger partial charge on any atom is -0.288 e. The summed E-state index contributed by atoms with van der Waals surface area (Å²) in [5.74, 6) is 0. The van der Waals surface area contributed by atoms with Crippen LogP contribution in [0.4, 0.5) is 0 Å². The quantitative estimate of drug-likeness (QED) is 0.126. The van der Waals surface area contributed by atoms with Gasteiger partial charge in [0.25, 0.3) is 0 Å². The second-order valence-electron chi connectivity index (χ2n) is 11.1. The minimum atomic E-state index is 0.945. The predicted octanol–water partition coefficient (Wildman–Crippen LogP) is 11.1. The summed E-state index contributed by atoms with van der Waals surface area (Å²) >= 11 is 0. The Bertz CT molecular complexity index is 1740. The first-order chi connectivity index (χ1) is 22.1. The standard InChI is InChI=1S/C33H33N.C9H8.C2H4/c1-4-13-27-14-11-12-19-30(27)22-26-20-25(2)21-31(23-26)32(28-15-7-5-8-16-28)24-33(34-3)29-17-9-6-10-18-29;1-2-5-9-7-3-6-8(9)4-1;1-2/h5-12,14-21,23-24H,4,13,22H2,1-3H3;1-6H,7H2;1-2H2/b32-24-,34-33?;;. The number of rotatable bonds is 8. The Balaban J connectivity index is 0.000000352. The molecule has 0 saturated carbocycles. The van der Waals surface area contributed by atoms with Gasteiger partial charge in [0.05, 0.1) is 5.71 Å². The number of benzene rings is 5. The number of hydrogen-bond donors (Lipinski definition) is 0. The van der Waals surface area contributed by atoms with Gasteiger partial charge in [0.2, 0.25) is 0 Å². The van der Waals surface area contributed by atoms with Crippen LogP contribution in [0.2, 0.25) is 0 Å². The monoisotopic (exact) mass is 587 g/mol. The third kappa shape index (κ3) is 9.24. The van der Waals surface area contributed by atoms with Crippen molar-refractivity contribution in [2.45, 2.75) is 39.5 Å². The van der Waals surface area contributed by atoms with Crippen molar-refractivity contribution in [3.05, 3.63) is 203 Å². The van der Waals surface area contributed by atoms with Crippen LogP contribution < -0.4 is 0 Å². The van der Waals surface area contributed by atoms with Gasteiger partial charge in [0, 0.05) is 7.05 Å². The number of hydrogen-bond acceptors (Lipinski definition) is 1. The second-order valence-corrected chi connectivity index (χ2v) is 11.1. The van der Waals surface area contributed by atoms with Gasteiger partial charge in [-0.25, -0.2) is 0 Å². The summed E-state index contributed by atoms with van der Waals surface area (Å²) in [6.07, 6.45) is 11.0. The average molecular weight is 588 g/mol. The lowest BCUT2D eigenvalue weighted by atomic mass is 9.90. The van der Waals surface area contributed by atoms with Gasteiger partial charge in [-0.1, -0.05) is 158 Å². The molecule has 0 aliphatic heterocycles. The van der Waals surface area contributed by atoms with Gasteiger partial charge in [0.1, 0.15) is 0 Å². The molecule has 0 radical (unpaired) electrons. The summed E-state index contributed by atoms with van der Waals surface area (Å²) < 4.78 is 0. The maximum Gasteiger partial charge on any atom is 0.0649 e. The number of nitrogens with zero attached hydrogens (tertiary/aromatic N) is 1. The van der Waals surface area contributed by atoms with Crippen molar-refractivity contribution >= 4 is 17.4 Å². The van der Waals surface area contributed by atoms with Crippen molar-refractivity contribution in [2.24, 2.45) is 4.99 Å². The summed E-state index contributed by atoms with van der Waals surface area (Å²) in [5.41, 5.74) is 14.1. The second kappa shape index (κ2) is 17.3. The highest BCUT2D eigenvalue weighted by Crippen LogP contribution is 2.28. The molecule has 0 aromatic heterocycles. The van der Waals surface area contributed by atoms with Gasteiger partial charge in [0.15, 0.2) is 0 Å². The molecule has 1 aliphatic carbocycles. The smallest absolute Gasteiger partial charge is 0.0649 e. The molecule has 0 unspecified atom stereocenters. The molecule has 0 fully saturated rings. The van der Waals surface area contributed by atoms with Crippen LogP contribution in [0.25, 0.3) is 11.6 Å². The molecule has 0 amide bonds. The molecular weight excluding hydrogens is 542 g/mol. The summed E-state index contributed by atoms with van der Waals surface area (Å²) in [6.45, 7) is 10.4. The van der Waals surface area contributed by atoms with E-state index in [0.717, 1.165) is 37.0 Å². The zero-order chi connectivity index (χ0) is 31.9. The molecule has 0 spiro atoms. The van der Waals surface area contributed by atoms with Gasteiger partial charge in [-0.15, -0.1) is 13.2 Å². The Labute approximate surface area is 271 Å². The van der Waals surface area contributed by atoms with Crippen molar-refractivity contribution in [1.29, 1.82) is 0 Å². The molecule has 5 aromatic rings. The first-order valence-electron chi connectivity index (χ1n) is 15.9. The Morgan fingerprint density at radius 3 is 2.00 bits per heavy atom. The fourth-order valence-corrected chi connectivity index (χ4v) is 5.75. The first-order valence-corrected chi connectivity index (χ1v) is 15.9. The molecule has 226 valence electrons. The lowest BCUT2D eigenvalue weighted by Crippen LogP contribution is -2.01. The van der Waals surface area contributed by atoms with E-state index < -0.39 is 0 Å². The van der Waals surface area contributed by atoms with Crippen molar-refractivity contribution in [1.82, 2.24) is 0 Å². The number of aryl methyl sites for hydroxylation is 2. The molecule has 1 aliphatic rings. The molecule has 0 heterocycles. The molecule has 6 rings (SSSR count). The fourth-order valence-electron chi connectivity index (χ4n) is 5.75. The van der Waals surface area contributed by atoms with E-state index in [9.17, 15) is 0 Å². The lowest BCUT2D eigenvalue weighted by molar-refractivity contribution is 0.904. The predicted molar refractivity (Wildman–Crippen MR) is 197 cm³/mol. The summed E-state index contributed by atoms with van der Waals surface area (Å²) in [5, 5.41) is 0. The van der Waals surface area contributed by atoms with Crippen LogP contribution >= 0.6 is 0 Å². The minimum absolute atomic E-state index is 0.945. The van der Waals surface area contributed by atoms with Crippen molar-refractivity contribution in [3.8, 4) is 0 Å². The number of fused-ring (bicyclic) bond motifs is 1. The SMILES string of the molecule is C1=Cc2ccccc2C1.C=C.CCCc1ccccc1Cc1cc(C)cc(/C(=C\C(=NC)c2ccccc2)c2ccccc2)c1. The van der Waals surface area contributed by atoms with Crippen LogP contribution in [0, 0.1) is 6.92 Å². The van der Waals surface area contributed by atoms with E-state index in [1.165, 1.54) is 50.1 Å². The molecule has 1 nitrogen and oxygen atoms in total. The molecule has 1 heteroatoms. The van der Waals surface area contributed by atoms with E-state index in [1.54, 1.807) is 0 Å². The third-order valence-electron chi connectivity index (χ3n) is 7.85. The van der Waals surface area contributed by atoms with E-state index in [2.05, 4.69) is 172 Å². The van der Waals surface area contributed by atoms with Crippen LogP contribution in [-0.2, 0) is 19.3 Å². The highest BCUT2D eigenvalue weighted by Gasteiger charge is 2.11. The fraction of sp³-hybridized carbons (Fsp3) is 0.159. The van der Waals surface area contributed by atoms with Crippen molar-refractivity contribution < 1.29 is 0 Å². The largest absolute Gasteiger partial charge is 0.288 e. The van der Waals surface area contributed by atoms with Crippen LogP contribution in [0.5, 0.6) is 0 Å². The normalized spacial score (nSPS) is 12.0. The Morgan fingerprint density at radius 2 is 1.33 bits per heavy atom. The van der Waals surface area contributed by atoms with Gasteiger partial charge < -0.3 is 0 Å². The Hall–Kier alpha value is -5.01. The van der Waals surface area contributed by atoms with Crippen molar-refractivity contribution in [2.75, 3.05) is 7.05 Å². The topological polar surface area (TPSA) is 12.4 Å². The summed E-state index contributed by atoms with van der Waals surface area (Å²) in [6, 6.07) is 45.4. The van der Waals surface area contributed by atoms with Crippen molar-refractivity contribution in [3.63, 3.8) is 0 Å². The molecule has 45 heavy (non-hydrogen) atoms. The Morgan fingerprint density at radius 1 is 0.711 bits per heavy atom. The highest BCUT2D eigenvalue weighted by molar-refractivity contribution is 6.13. The van der Waals surface area contributed by atoms with Crippen LogP contribution in [0.1, 0.15) is 63.4 Å². The van der Waals surface area contributed by atoms with Crippen LogP contribution in [0.3, 0.4) is 0 Å². The van der Waals surface area contributed by atoms with E-state index in [0.29, 0.717) is 0 Å². The van der Waals surface area contributed by atoms with E-state index in [4.69, 9.17) is 0 Å². The molecule has 5 aromatic carbocycles. The molecule has 0 bridgehead atoms. The molecule has 0 atom stereocenters. The zero-order valence-electron chi connectivity index (χ0n) is 27.0. The summed E-state index contributed by atoms with van der Waals surface area (Å²) in [4.78, 5) is 4.63. The zero-order valence-corrected chi connectivity index (χ0v) is 27.0. The van der Waals surface area contributed by atoms with E-state index in [-0.39, 0.29) is 0 Å². The van der Waals surface area contributed by atoms with Gasteiger partial charge in [-0.2, -0.15) is 0 Å². The highest BCUT2D eigenvalue weighted by atomic mass is 14.7. The van der Waals surface area contributed by atoms with E-state index in [1.807, 2.05) is 13.1 Å². The average Bonchev–Trinajstić information content (AvgIpc) is 3.57. The molecular formula is C44H45N.